The van der Waals surface area contributed by atoms with Crippen molar-refractivity contribution >= 4 is 35.1 Å². The van der Waals surface area contributed by atoms with E-state index >= 15 is 0 Å². The number of carbonyl (C=O) groups excluding carboxylic acids is 2. The summed E-state index contributed by atoms with van der Waals surface area (Å²) in [7, 11) is 0. The highest BCUT2D eigenvalue weighted by Crippen LogP contribution is 2.47. The van der Waals surface area contributed by atoms with E-state index in [1.165, 1.54) is 23.5 Å². The van der Waals surface area contributed by atoms with Crippen LogP contribution < -0.4 is 0 Å². The standard InChI is InChI=1S/C5H6O2S2/c1-8-5(9-2)3(6)4(5)7/h1-2H3. The monoisotopic (exact) mass is 162 g/mol. The fourth-order valence-electron chi connectivity index (χ4n) is 0.660. The molecule has 1 aliphatic carbocycles. The van der Waals surface area contributed by atoms with Crippen LogP contribution in [0.5, 0.6) is 0 Å². The highest BCUT2D eigenvalue weighted by Gasteiger charge is 2.65. The van der Waals surface area contributed by atoms with Crippen LogP contribution in [-0.2, 0) is 9.59 Å². The van der Waals surface area contributed by atoms with Crippen molar-refractivity contribution in [1.82, 2.24) is 0 Å². The van der Waals surface area contributed by atoms with Gasteiger partial charge in [-0.2, -0.15) is 0 Å². The van der Waals surface area contributed by atoms with Crippen LogP contribution in [0.3, 0.4) is 0 Å². The van der Waals surface area contributed by atoms with Crippen molar-refractivity contribution in [3.05, 3.63) is 0 Å². The molecule has 0 aliphatic heterocycles. The maximum Gasteiger partial charge on any atom is 0.235 e. The fourth-order valence-corrected chi connectivity index (χ4v) is 2.34. The number of hydrogen-bond acceptors (Lipinski definition) is 4. The van der Waals surface area contributed by atoms with Crippen LogP contribution in [0, 0.1) is 0 Å². The lowest BCUT2D eigenvalue weighted by molar-refractivity contribution is -0.122. The zero-order valence-electron chi connectivity index (χ0n) is 5.13. The Morgan fingerprint density at radius 3 is 1.44 bits per heavy atom. The molecule has 2 nitrogen and oxygen atoms in total. The van der Waals surface area contributed by atoms with Gasteiger partial charge in [-0.15, -0.1) is 23.5 Å². The van der Waals surface area contributed by atoms with Crippen molar-refractivity contribution in [2.24, 2.45) is 0 Å². The Morgan fingerprint density at radius 2 is 1.44 bits per heavy atom. The molecule has 9 heavy (non-hydrogen) atoms. The third-order valence-electron chi connectivity index (χ3n) is 1.32. The highest BCUT2D eigenvalue weighted by atomic mass is 32.2. The second-order valence-corrected chi connectivity index (χ2v) is 3.98. The molecule has 0 spiro atoms. The van der Waals surface area contributed by atoms with Crippen molar-refractivity contribution in [3.63, 3.8) is 0 Å². The summed E-state index contributed by atoms with van der Waals surface area (Å²) in [6.45, 7) is 0. The first-order chi connectivity index (χ1) is 4.19. The first kappa shape index (κ1) is 7.15. The van der Waals surface area contributed by atoms with Gasteiger partial charge in [-0.05, 0) is 12.5 Å². The minimum Gasteiger partial charge on any atom is -0.288 e. The van der Waals surface area contributed by atoms with Crippen LogP contribution in [0.25, 0.3) is 0 Å². The van der Waals surface area contributed by atoms with Crippen molar-refractivity contribution < 1.29 is 9.59 Å². The van der Waals surface area contributed by atoms with Crippen LogP contribution in [-0.4, -0.2) is 28.2 Å². The Labute approximate surface area is 61.8 Å². The van der Waals surface area contributed by atoms with E-state index in [1.807, 2.05) is 0 Å². The van der Waals surface area contributed by atoms with Gasteiger partial charge in [0.2, 0.25) is 11.6 Å². The topological polar surface area (TPSA) is 34.1 Å². The zero-order chi connectivity index (χ0) is 7.07. The van der Waals surface area contributed by atoms with E-state index in [9.17, 15) is 9.59 Å². The van der Waals surface area contributed by atoms with Gasteiger partial charge in [-0.3, -0.25) is 9.59 Å². The third kappa shape index (κ3) is 0.730. The summed E-state index contributed by atoms with van der Waals surface area (Å²) >= 11 is 2.64. The minimum atomic E-state index is -0.694. The summed E-state index contributed by atoms with van der Waals surface area (Å²) in [5, 5.41) is 0. The molecule has 0 bridgehead atoms. The summed E-state index contributed by atoms with van der Waals surface area (Å²) in [4.78, 5) is 21.2. The second-order valence-electron chi connectivity index (χ2n) is 1.68. The molecule has 0 unspecified atom stereocenters. The summed E-state index contributed by atoms with van der Waals surface area (Å²) < 4.78 is -0.694. The van der Waals surface area contributed by atoms with Gasteiger partial charge >= 0.3 is 0 Å². The smallest absolute Gasteiger partial charge is 0.235 e. The summed E-state index contributed by atoms with van der Waals surface area (Å²) in [5.41, 5.74) is 0. The molecule has 0 aromatic carbocycles. The SMILES string of the molecule is CSC1(SC)C(=O)C1=O. The summed E-state index contributed by atoms with van der Waals surface area (Å²) in [6, 6.07) is 0. The van der Waals surface area contributed by atoms with E-state index in [1.54, 1.807) is 12.5 Å². The molecule has 0 saturated heterocycles. The Bertz CT molecular complexity index is 156. The summed E-state index contributed by atoms with van der Waals surface area (Å²) in [5.74, 6) is -0.468. The number of rotatable bonds is 2. The number of Topliss-reactive ketones (excluding diaryl/α,β-unsaturated/α-hetero) is 2. The molecule has 1 saturated carbocycles. The molecule has 4 heteroatoms. The van der Waals surface area contributed by atoms with E-state index in [2.05, 4.69) is 0 Å². The molecule has 0 aromatic heterocycles. The molecule has 0 atom stereocenters. The number of ketones is 2. The maximum atomic E-state index is 10.6. The molecule has 1 aliphatic rings. The van der Waals surface area contributed by atoms with Gasteiger partial charge in [-0.25, -0.2) is 0 Å². The Kier molecular flexibility index (Phi) is 1.61. The molecule has 0 heterocycles. The quantitative estimate of drug-likeness (QED) is 0.337. The first-order valence-electron chi connectivity index (χ1n) is 2.38. The second kappa shape index (κ2) is 2.02. The third-order valence-corrected chi connectivity index (χ3v) is 4.21. The van der Waals surface area contributed by atoms with Crippen LogP contribution in [0.2, 0.25) is 0 Å². The van der Waals surface area contributed by atoms with Gasteiger partial charge in [-0.1, -0.05) is 0 Å². The molecular weight excluding hydrogens is 156 g/mol. The minimum absolute atomic E-state index is 0.234. The van der Waals surface area contributed by atoms with Crippen molar-refractivity contribution in [2.45, 2.75) is 4.08 Å². The van der Waals surface area contributed by atoms with E-state index in [0.29, 0.717) is 0 Å². The predicted molar refractivity (Wildman–Crippen MR) is 39.8 cm³/mol. The average molecular weight is 162 g/mol. The van der Waals surface area contributed by atoms with E-state index < -0.39 is 4.08 Å². The van der Waals surface area contributed by atoms with Gasteiger partial charge < -0.3 is 0 Å². The van der Waals surface area contributed by atoms with Gasteiger partial charge in [0.05, 0.1) is 0 Å². The maximum absolute atomic E-state index is 10.6. The van der Waals surface area contributed by atoms with Crippen molar-refractivity contribution in [1.29, 1.82) is 0 Å². The molecule has 1 rings (SSSR count). The molecule has 0 aromatic rings. The van der Waals surface area contributed by atoms with Gasteiger partial charge in [0.25, 0.3) is 0 Å². The average Bonchev–Trinajstić information content (AvgIpc) is 2.39. The first-order valence-corrected chi connectivity index (χ1v) is 4.83. The normalized spacial score (nSPS) is 22.4. The molecule has 0 N–H and O–H groups in total. The lowest BCUT2D eigenvalue weighted by Crippen LogP contribution is -1.99. The Morgan fingerprint density at radius 1 is 1.11 bits per heavy atom. The number of thioether (sulfide) groups is 2. The Hall–Kier alpha value is 0.0400. The largest absolute Gasteiger partial charge is 0.288 e. The molecule has 50 valence electrons. The van der Waals surface area contributed by atoms with E-state index in [0.717, 1.165) is 0 Å². The van der Waals surface area contributed by atoms with E-state index in [-0.39, 0.29) is 11.6 Å². The fraction of sp³-hybridized carbons (Fsp3) is 0.600. The summed E-state index contributed by atoms with van der Waals surface area (Å²) in [6.07, 6.45) is 3.55. The zero-order valence-corrected chi connectivity index (χ0v) is 6.77. The number of carbonyl (C=O) groups is 2. The number of hydrogen-bond donors (Lipinski definition) is 0. The lowest BCUT2D eigenvalue weighted by Gasteiger charge is -1.98. The molecule has 0 radical (unpaired) electrons. The molecular formula is C5H6O2S2. The van der Waals surface area contributed by atoms with Gasteiger partial charge in [0.1, 0.15) is 0 Å². The van der Waals surface area contributed by atoms with Crippen LogP contribution in [0.15, 0.2) is 0 Å². The van der Waals surface area contributed by atoms with Gasteiger partial charge in [0, 0.05) is 0 Å². The van der Waals surface area contributed by atoms with E-state index in [4.69, 9.17) is 0 Å². The predicted octanol–water partition coefficient (Wildman–Crippen LogP) is 0.560. The highest BCUT2D eigenvalue weighted by molar-refractivity contribution is 8.22. The molecule has 0 amide bonds. The van der Waals surface area contributed by atoms with Crippen LogP contribution in [0.4, 0.5) is 0 Å². The molecule has 1 fully saturated rings. The Balaban J connectivity index is 2.77. The van der Waals surface area contributed by atoms with Crippen molar-refractivity contribution in [3.8, 4) is 0 Å². The van der Waals surface area contributed by atoms with Crippen LogP contribution in [0.1, 0.15) is 0 Å². The lowest BCUT2D eigenvalue weighted by atomic mass is 10.9. The van der Waals surface area contributed by atoms with Gasteiger partial charge in [0.15, 0.2) is 4.08 Å². The van der Waals surface area contributed by atoms with Crippen LogP contribution >= 0.6 is 23.5 Å². The van der Waals surface area contributed by atoms with Crippen molar-refractivity contribution in [2.75, 3.05) is 12.5 Å².